The molecule has 104 valence electrons. The number of aromatic hydroxyl groups is 1. The van der Waals surface area contributed by atoms with Gasteiger partial charge < -0.3 is 10.2 Å². The lowest BCUT2D eigenvalue weighted by Gasteiger charge is -2.07. The second-order valence-corrected chi connectivity index (χ2v) is 5.64. The molecule has 0 spiro atoms. The standard InChI is InChI=1S/C15H15IN2O2/c1-9-3-4-12(5-14(9)16)18-7-13-11(8-19)6-17-10(2)15(13)20/h3-7,19-20H,8H2,1-2H3. The Morgan fingerprint density at radius 1 is 1.35 bits per heavy atom. The number of pyridine rings is 1. The van der Waals surface area contributed by atoms with E-state index in [0.29, 0.717) is 16.8 Å². The van der Waals surface area contributed by atoms with Crippen LogP contribution in [0.5, 0.6) is 5.75 Å². The minimum Gasteiger partial charge on any atom is -0.505 e. The second kappa shape index (κ2) is 6.32. The maximum Gasteiger partial charge on any atom is 0.145 e. The molecule has 0 bridgehead atoms. The first kappa shape index (κ1) is 14.9. The lowest BCUT2D eigenvalue weighted by molar-refractivity contribution is 0.280. The van der Waals surface area contributed by atoms with Gasteiger partial charge in [-0.25, -0.2) is 0 Å². The summed E-state index contributed by atoms with van der Waals surface area (Å²) < 4.78 is 1.13. The van der Waals surface area contributed by atoms with E-state index >= 15 is 0 Å². The number of aromatic nitrogens is 1. The first-order valence-electron chi connectivity index (χ1n) is 6.11. The summed E-state index contributed by atoms with van der Waals surface area (Å²) in [6.07, 6.45) is 3.12. The number of halogens is 1. The first-order valence-corrected chi connectivity index (χ1v) is 7.19. The van der Waals surface area contributed by atoms with Gasteiger partial charge in [0.2, 0.25) is 0 Å². The molecule has 0 unspecified atom stereocenters. The van der Waals surface area contributed by atoms with Crippen LogP contribution in [0.3, 0.4) is 0 Å². The van der Waals surface area contributed by atoms with Crippen molar-refractivity contribution in [3.63, 3.8) is 0 Å². The smallest absolute Gasteiger partial charge is 0.145 e. The molecule has 2 N–H and O–H groups in total. The molecule has 2 aromatic rings. The number of aryl methyl sites for hydroxylation is 2. The lowest BCUT2D eigenvalue weighted by Crippen LogP contribution is -1.97. The van der Waals surface area contributed by atoms with Crippen molar-refractivity contribution in [2.75, 3.05) is 0 Å². The van der Waals surface area contributed by atoms with Gasteiger partial charge in [-0.05, 0) is 54.1 Å². The molecule has 0 saturated heterocycles. The van der Waals surface area contributed by atoms with Gasteiger partial charge in [-0.1, -0.05) is 6.07 Å². The predicted molar refractivity (Wildman–Crippen MR) is 87.7 cm³/mol. The fourth-order valence-corrected chi connectivity index (χ4v) is 2.22. The van der Waals surface area contributed by atoms with Crippen molar-refractivity contribution in [1.82, 2.24) is 4.98 Å². The summed E-state index contributed by atoms with van der Waals surface area (Å²) in [7, 11) is 0. The number of aliphatic hydroxyl groups is 1. The highest BCUT2D eigenvalue weighted by Gasteiger charge is 2.09. The number of rotatable bonds is 3. The summed E-state index contributed by atoms with van der Waals surface area (Å²) in [5, 5.41) is 19.3. The summed E-state index contributed by atoms with van der Waals surface area (Å²) in [5.74, 6) is 0.0575. The Morgan fingerprint density at radius 2 is 2.10 bits per heavy atom. The maximum absolute atomic E-state index is 10.0. The van der Waals surface area contributed by atoms with Gasteiger partial charge in [0, 0.05) is 27.1 Å². The Balaban J connectivity index is 2.40. The van der Waals surface area contributed by atoms with Gasteiger partial charge >= 0.3 is 0 Å². The molecule has 2 rings (SSSR count). The molecule has 0 saturated carbocycles. The average Bonchev–Trinajstić information content (AvgIpc) is 2.44. The summed E-state index contributed by atoms with van der Waals surface area (Å²) in [6, 6.07) is 5.88. The SMILES string of the molecule is Cc1ccc(N=Cc2c(CO)cnc(C)c2O)cc1I. The Hall–Kier alpha value is -1.47. The van der Waals surface area contributed by atoms with Gasteiger partial charge in [0.1, 0.15) is 5.75 Å². The van der Waals surface area contributed by atoms with Crippen LogP contribution in [0, 0.1) is 17.4 Å². The molecule has 0 aliphatic carbocycles. The third-order valence-corrected chi connectivity index (χ3v) is 4.19. The third kappa shape index (κ3) is 3.16. The quantitative estimate of drug-likeness (QED) is 0.633. The molecule has 1 heterocycles. The summed E-state index contributed by atoms with van der Waals surface area (Å²) in [4.78, 5) is 8.38. The van der Waals surface area contributed by atoms with Gasteiger partial charge in [0.15, 0.2) is 0 Å². The first-order chi connectivity index (χ1) is 9.52. The van der Waals surface area contributed by atoms with Crippen LogP contribution in [0.1, 0.15) is 22.4 Å². The zero-order chi connectivity index (χ0) is 14.7. The van der Waals surface area contributed by atoms with E-state index in [2.05, 4.69) is 32.6 Å². The Kier molecular flexibility index (Phi) is 4.72. The normalized spacial score (nSPS) is 11.2. The number of hydrogen-bond acceptors (Lipinski definition) is 4. The molecule has 0 fully saturated rings. The Morgan fingerprint density at radius 3 is 2.75 bits per heavy atom. The number of aliphatic imine (C=N–C) groups is 1. The van der Waals surface area contributed by atoms with E-state index in [9.17, 15) is 10.2 Å². The second-order valence-electron chi connectivity index (χ2n) is 4.48. The van der Waals surface area contributed by atoms with Crippen LogP contribution < -0.4 is 0 Å². The predicted octanol–water partition coefficient (Wildman–Crippen LogP) is 3.25. The highest BCUT2D eigenvalue weighted by Crippen LogP contribution is 2.24. The lowest BCUT2D eigenvalue weighted by atomic mass is 10.1. The zero-order valence-corrected chi connectivity index (χ0v) is 13.4. The van der Waals surface area contributed by atoms with Crippen molar-refractivity contribution < 1.29 is 10.2 Å². The summed E-state index contributed by atoms with van der Waals surface area (Å²) in [5.41, 5.74) is 3.58. The number of aliphatic hydroxyl groups excluding tert-OH is 1. The number of benzene rings is 1. The fourth-order valence-electron chi connectivity index (χ4n) is 1.72. The minimum atomic E-state index is -0.187. The zero-order valence-electron chi connectivity index (χ0n) is 11.3. The largest absolute Gasteiger partial charge is 0.505 e. The Bertz CT molecular complexity index is 669. The van der Waals surface area contributed by atoms with Crippen LogP contribution >= 0.6 is 22.6 Å². The van der Waals surface area contributed by atoms with Crippen molar-refractivity contribution in [3.05, 3.63) is 50.4 Å². The van der Waals surface area contributed by atoms with E-state index < -0.39 is 0 Å². The molecular weight excluding hydrogens is 367 g/mol. The highest BCUT2D eigenvalue weighted by molar-refractivity contribution is 14.1. The van der Waals surface area contributed by atoms with Gasteiger partial charge in [0.25, 0.3) is 0 Å². The van der Waals surface area contributed by atoms with Crippen molar-refractivity contribution in [3.8, 4) is 5.75 Å². The number of nitrogens with zero attached hydrogens (tertiary/aromatic N) is 2. The Labute approximate surface area is 131 Å². The van der Waals surface area contributed by atoms with E-state index in [1.54, 1.807) is 19.3 Å². The van der Waals surface area contributed by atoms with Gasteiger partial charge in [-0.3, -0.25) is 9.98 Å². The summed E-state index contributed by atoms with van der Waals surface area (Å²) in [6.45, 7) is 3.56. The molecule has 0 radical (unpaired) electrons. The van der Waals surface area contributed by atoms with Crippen LogP contribution in [0.15, 0.2) is 29.4 Å². The van der Waals surface area contributed by atoms with Gasteiger partial charge in [0.05, 0.1) is 18.0 Å². The van der Waals surface area contributed by atoms with Crippen molar-refractivity contribution in [1.29, 1.82) is 0 Å². The van der Waals surface area contributed by atoms with E-state index in [1.807, 2.05) is 25.1 Å². The van der Waals surface area contributed by atoms with Crippen molar-refractivity contribution in [2.45, 2.75) is 20.5 Å². The van der Waals surface area contributed by atoms with Crippen LogP contribution in [-0.2, 0) is 6.61 Å². The minimum absolute atomic E-state index is 0.0575. The molecule has 0 atom stereocenters. The van der Waals surface area contributed by atoms with E-state index in [1.165, 1.54) is 5.56 Å². The molecule has 4 nitrogen and oxygen atoms in total. The van der Waals surface area contributed by atoms with Crippen LogP contribution in [0.4, 0.5) is 5.69 Å². The third-order valence-electron chi connectivity index (χ3n) is 3.03. The molecular formula is C15H15IN2O2. The van der Waals surface area contributed by atoms with E-state index in [0.717, 1.165) is 9.26 Å². The molecule has 0 aliphatic heterocycles. The van der Waals surface area contributed by atoms with E-state index in [-0.39, 0.29) is 12.4 Å². The highest BCUT2D eigenvalue weighted by atomic mass is 127. The molecule has 1 aromatic heterocycles. The molecule has 20 heavy (non-hydrogen) atoms. The van der Waals surface area contributed by atoms with Crippen molar-refractivity contribution in [2.24, 2.45) is 4.99 Å². The molecule has 5 heteroatoms. The fraction of sp³-hybridized carbons (Fsp3) is 0.200. The van der Waals surface area contributed by atoms with E-state index in [4.69, 9.17) is 0 Å². The summed E-state index contributed by atoms with van der Waals surface area (Å²) >= 11 is 2.26. The average molecular weight is 382 g/mol. The van der Waals surface area contributed by atoms with Gasteiger partial charge in [-0.15, -0.1) is 0 Å². The molecule has 0 amide bonds. The van der Waals surface area contributed by atoms with Gasteiger partial charge in [-0.2, -0.15) is 0 Å². The topological polar surface area (TPSA) is 65.7 Å². The maximum atomic E-state index is 10.0. The molecule has 1 aromatic carbocycles. The monoisotopic (exact) mass is 382 g/mol. The van der Waals surface area contributed by atoms with Crippen LogP contribution in [-0.4, -0.2) is 21.4 Å². The molecule has 0 aliphatic rings. The van der Waals surface area contributed by atoms with Crippen LogP contribution in [0.25, 0.3) is 0 Å². The number of hydrogen-bond donors (Lipinski definition) is 2. The van der Waals surface area contributed by atoms with Crippen molar-refractivity contribution >= 4 is 34.5 Å². The van der Waals surface area contributed by atoms with Crippen LogP contribution in [0.2, 0.25) is 0 Å².